The first-order valence-electron chi connectivity index (χ1n) is 8.23. The maximum Gasteiger partial charge on any atom is 0.295 e. The molecule has 0 radical (unpaired) electrons. The lowest BCUT2D eigenvalue weighted by atomic mass is 10.2. The molecule has 0 fully saturated rings. The molecule has 0 bridgehead atoms. The molecule has 0 aliphatic rings. The van der Waals surface area contributed by atoms with Crippen LogP contribution in [0.2, 0.25) is 0 Å². The van der Waals surface area contributed by atoms with Crippen molar-refractivity contribution in [3.8, 4) is 5.75 Å². The topological polar surface area (TPSA) is 73.6 Å². The Kier molecular flexibility index (Phi) is 5.23. The standard InChI is InChI=1S/C18H19N3O3S/c1-3-4-5-10-24-14-8-6-13(7-9-14)11-15-17(23)21-18(25-15)19-16(22)12(2)20-21/h6-9,11H,3-5,10H2,1-2H3/b15-11+. The van der Waals surface area contributed by atoms with Crippen molar-refractivity contribution in [3.05, 3.63) is 60.8 Å². The summed E-state index contributed by atoms with van der Waals surface area (Å²) in [6.07, 6.45) is 5.14. The summed E-state index contributed by atoms with van der Waals surface area (Å²) in [5, 5.41) is 4.00. The van der Waals surface area contributed by atoms with Crippen LogP contribution in [0.3, 0.4) is 0 Å². The average Bonchev–Trinajstić information content (AvgIpc) is 2.89. The second kappa shape index (κ2) is 7.57. The summed E-state index contributed by atoms with van der Waals surface area (Å²) in [6, 6.07) is 7.57. The molecule has 3 aromatic rings. The van der Waals surface area contributed by atoms with Crippen molar-refractivity contribution >= 4 is 22.4 Å². The van der Waals surface area contributed by atoms with Gasteiger partial charge in [0, 0.05) is 0 Å². The number of hydrogen-bond acceptors (Lipinski definition) is 6. The molecule has 0 atom stereocenters. The molecule has 7 heteroatoms. The summed E-state index contributed by atoms with van der Waals surface area (Å²) in [6.45, 7) is 4.41. The molecular formula is C18H19N3O3S. The number of aryl methyl sites for hydroxylation is 1. The summed E-state index contributed by atoms with van der Waals surface area (Å²) >= 11 is 1.16. The van der Waals surface area contributed by atoms with Gasteiger partial charge in [0.25, 0.3) is 11.1 Å². The number of hydrogen-bond donors (Lipinski definition) is 0. The largest absolute Gasteiger partial charge is 0.494 e. The summed E-state index contributed by atoms with van der Waals surface area (Å²) in [5.74, 6) is 0.816. The van der Waals surface area contributed by atoms with E-state index in [0.717, 1.165) is 35.5 Å². The Balaban J connectivity index is 1.85. The van der Waals surface area contributed by atoms with Gasteiger partial charge in [-0.15, -0.1) is 0 Å². The first-order chi connectivity index (χ1) is 12.1. The molecule has 2 heterocycles. The molecule has 0 saturated heterocycles. The van der Waals surface area contributed by atoms with Crippen LogP contribution in [-0.2, 0) is 0 Å². The number of nitrogens with zero attached hydrogens (tertiary/aromatic N) is 3. The fraction of sp³-hybridized carbons (Fsp3) is 0.333. The van der Waals surface area contributed by atoms with Crippen LogP contribution in [0.1, 0.15) is 37.4 Å². The highest BCUT2D eigenvalue weighted by atomic mass is 32.1. The van der Waals surface area contributed by atoms with Gasteiger partial charge in [-0.3, -0.25) is 9.59 Å². The van der Waals surface area contributed by atoms with E-state index in [4.69, 9.17) is 4.74 Å². The SMILES string of the molecule is CCCCCOc1ccc(/C=c2/sc3nc(=O)c(C)nn3c2=O)cc1. The van der Waals surface area contributed by atoms with Crippen LogP contribution in [-0.4, -0.2) is 21.2 Å². The number of ether oxygens (including phenoxy) is 1. The third-order valence-corrected chi connectivity index (χ3v) is 4.70. The van der Waals surface area contributed by atoms with E-state index in [0.29, 0.717) is 16.1 Å². The monoisotopic (exact) mass is 357 g/mol. The molecular weight excluding hydrogens is 338 g/mol. The Morgan fingerprint density at radius 3 is 2.68 bits per heavy atom. The second-order valence-electron chi connectivity index (χ2n) is 5.74. The molecule has 2 aromatic heterocycles. The number of aromatic nitrogens is 3. The van der Waals surface area contributed by atoms with Crippen LogP contribution in [0.5, 0.6) is 5.75 Å². The van der Waals surface area contributed by atoms with Gasteiger partial charge < -0.3 is 4.74 Å². The molecule has 0 saturated carbocycles. The molecule has 0 spiro atoms. The molecule has 1 aromatic carbocycles. The van der Waals surface area contributed by atoms with Gasteiger partial charge in [-0.2, -0.15) is 14.6 Å². The molecule has 130 valence electrons. The quantitative estimate of drug-likeness (QED) is 0.630. The Morgan fingerprint density at radius 1 is 1.20 bits per heavy atom. The molecule has 0 unspecified atom stereocenters. The van der Waals surface area contributed by atoms with Crippen LogP contribution in [0.25, 0.3) is 11.0 Å². The van der Waals surface area contributed by atoms with Crippen molar-refractivity contribution < 1.29 is 4.74 Å². The Morgan fingerprint density at radius 2 is 1.96 bits per heavy atom. The molecule has 0 aliphatic carbocycles. The van der Waals surface area contributed by atoms with E-state index < -0.39 is 5.56 Å². The van der Waals surface area contributed by atoms with Gasteiger partial charge in [0.2, 0.25) is 4.96 Å². The van der Waals surface area contributed by atoms with Crippen molar-refractivity contribution in [3.63, 3.8) is 0 Å². The van der Waals surface area contributed by atoms with Gasteiger partial charge in [0.1, 0.15) is 11.4 Å². The van der Waals surface area contributed by atoms with Crippen LogP contribution < -0.4 is 20.4 Å². The van der Waals surface area contributed by atoms with E-state index in [1.165, 1.54) is 10.9 Å². The second-order valence-corrected chi connectivity index (χ2v) is 6.75. The van der Waals surface area contributed by atoms with Gasteiger partial charge in [0.05, 0.1) is 11.1 Å². The van der Waals surface area contributed by atoms with E-state index in [2.05, 4.69) is 17.0 Å². The Hall–Kier alpha value is -2.54. The Bertz CT molecular complexity index is 1040. The highest BCUT2D eigenvalue weighted by molar-refractivity contribution is 7.15. The fourth-order valence-electron chi connectivity index (χ4n) is 2.34. The third kappa shape index (κ3) is 3.93. The Labute approximate surface area is 148 Å². The summed E-state index contributed by atoms with van der Waals surface area (Å²) in [7, 11) is 0. The van der Waals surface area contributed by atoms with Crippen LogP contribution >= 0.6 is 11.3 Å². The van der Waals surface area contributed by atoms with E-state index in [1.807, 2.05) is 24.3 Å². The lowest BCUT2D eigenvalue weighted by Gasteiger charge is -2.05. The lowest BCUT2D eigenvalue weighted by molar-refractivity contribution is 0.306. The van der Waals surface area contributed by atoms with Gasteiger partial charge in [-0.25, -0.2) is 0 Å². The molecule has 0 aliphatic heterocycles. The number of rotatable bonds is 6. The molecule has 6 nitrogen and oxygen atoms in total. The zero-order chi connectivity index (χ0) is 17.8. The third-order valence-electron chi connectivity index (χ3n) is 3.74. The number of unbranched alkanes of at least 4 members (excludes halogenated alkanes) is 2. The average molecular weight is 357 g/mol. The van der Waals surface area contributed by atoms with Crippen molar-refractivity contribution in [2.24, 2.45) is 0 Å². The van der Waals surface area contributed by atoms with Crippen LogP contribution in [0, 0.1) is 6.92 Å². The summed E-state index contributed by atoms with van der Waals surface area (Å²) < 4.78 is 7.35. The molecule has 0 N–H and O–H groups in total. The van der Waals surface area contributed by atoms with E-state index >= 15 is 0 Å². The smallest absolute Gasteiger partial charge is 0.295 e. The molecule has 25 heavy (non-hydrogen) atoms. The molecule has 3 rings (SSSR count). The highest BCUT2D eigenvalue weighted by Gasteiger charge is 2.08. The van der Waals surface area contributed by atoms with Crippen molar-refractivity contribution in [1.29, 1.82) is 0 Å². The summed E-state index contributed by atoms with van der Waals surface area (Å²) in [4.78, 5) is 28.1. The maximum absolute atomic E-state index is 12.4. The van der Waals surface area contributed by atoms with Crippen LogP contribution in [0.4, 0.5) is 0 Å². The maximum atomic E-state index is 12.4. The normalized spacial score (nSPS) is 12.0. The zero-order valence-corrected chi connectivity index (χ0v) is 15.0. The predicted molar refractivity (Wildman–Crippen MR) is 98.4 cm³/mol. The number of fused-ring (bicyclic) bond motifs is 1. The fourth-order valence-corrected chi connectivity index (χ4v) is 3.24. The first-order valence-corrected chi connectivity index (χ1v) is 9.05. The highest BCUT2D eigenvalue weighted by Crippen LogP contribution is 2.13. The lowest BCUT2D eigenvalue weighted by Crippen LogP contribution is -2.27. The predicted octanol–water partition coefficient (Wildman–Crippen LogP) is 1.94. The van der Waals surface area contributed by atoms with E-state index in [-0.39, 0.29) is 11.3 Å². The molecule has 0 amide bonds. The minimum absolute atomic E-state index is 0.212. The van der Waals surface area contributed by atoms with Gasteiger partial charge in [-0.1, -0.05) is 43.2 Å². The van der Waals surface area contributed by atoms with Crippen molar-refractivity contribution in [1.82, 2.24) is 14.6 Å². The van der Waals surface area contributed by atoms with Crippen LogP contribution in [0.15, 0.2) is 33.9 Å². The minimum Gasteiger partial charge on any atom is -0.494 e. The van der Waals surface area contributed by atoms with E-state index in [9.17, 15) is 9.59 Å². The first kappa shape index (κ1) is 17.3. The van der Waals surface area contributed by atoms with E-state index in [1.54, 1.807) is 13.0 Å². The zero-order valence-electron chi connectivity index (χ0n) is 14.2. The van der Waals surface area contributed by atoms with Gasteiger partial charge in [-0.05, 0) is 37.1 Å². The van der Waals surface area contributed by atoms with Crippen molar-refractivity contribution in [2.75, 3.05) is 6.61 Å². The minimum atomic E-state index is -0.405. The number of benzene rings is 1. The number of thiazole rings is 1. The van der Waals surface area contributed by atoms with Crippen molar-refractivity contribution in [2.45, 2.75) is 33.1 Å². The van der Waals surface area contributed by atoms with Gasteiger partial charge in [0.15, 0.2) is 0 Å². The van der Waals surface area contributed by atoms with Gasteiger partial charge >= 0.3 is 0 Å². The summed E-state index contributed by atoms with van der Waals surface area (Å²) in [5.41, 5.74) is 0.417.